The fourth-order valence-electron chi connectivity index (χ4n) is 4.85. The van der Waals surface area contributed by atoms with Crippen LogP contribution >= 0.6 is 0 Å². The highest BCUT2D eigenvalue weighted by Gasteiger charge is 2.26. The molecule has 11 heteroatoms. The molecule has 1 aliphatic heterocycles. The third-order valence-corrected chi connectivity index (χ3v) is 8.46. The van der Waals surface area contributed by atoms with Crippen LogP contribution in [0.1, 0.15) is 28.4 Å². The number of carbonyl (C=O) groups is 2. The maximum absolute atomic E-state index is 13.2. The van der Waals surface area contributed by atoms with E-state index in [0.717, 1.165) is 17.7 Å². The number of methoxy groups -OCH3 is 1. The molecule has 4 aromatic rings. The van der Waals surface area contributed by atoms with Crippen molar-refractivity contribution in [2.75, 3.05) is 41.8 Å². The fraction of sp³-hybridized carbons (Fsp3) is 0.212. The van der Waals surface area contributed by atoms with Crippen LogP contribution in [-0.4, -0.2) is 47.1 Å². The van der Waals surface area contributed by atoms with Crippen molar-refractivity contribution < 1.29 is 32.2 Å². The maximum Gasteiger partial charge on any atom is 0.262 e. The summed E-state index contributed by atoms with van der Waals surface area (Å²) in [6.45, 7) is 4.35. The predicted octanol–water partition coefficient (Wildman–Crippen LogP) is 5.42. The highest BCUT2D eigenvalue weighted by Crippen LogP contribution is 2.32. The van der Waals surface area contributed by atoms with E-state index in [2.05, 4.69) is 10.0 Å². The topological polar surface area (TPSA) is 123 Å². The van der Waals surface area contributed by atoms with Gasteiger partial charge >= 0.3 is 0 Å². The number of nitrogens with one attached hydrogen (secondary N) is 2. The number of hydrogen-bond donors (Lipinski definition) is 2. The number of carbonyl (C=O) groups excluding carboxylic acids is 2. The van der Waals surface area contributed by atoms with Crippen LogP contribution in [0.5, 0.6) is 17.2 Å². The lowest BCUT2D eigenvalue weighted by Gasteiger charge is -2.18. The second-order valence-electron chi connectivity index (χ2n) is 10.1. The molecule has 1 aliphatic rings. The van der Waals surface area contributed by atoms with Gasteiger partial charge in [0.05, 0.1) is 18.6 Å². The molecule has 0 saturated heterocycles. The first-order valence-corrected chi connectivity index (χ1v) is 15.5. The molecule has 0 spiro atoms. The summed E-state index contributed by atoms with van der Waals surface area (Å²) in [6.07, 6.45) is 0.718. The van der Waals surface area contributed by atoms with Crippen LogP contribution in [0.2, 0.25) is 0 Å². The molecule has 44 heavy (non-hydrogen) atoms. The molecule has 2 N–H and O–H groups in total. The largest absolute Gasteiger partial charge is 0.497 e. The first-order valence-electron chi connectivity index (χ1n) is 14.0. The van der Waals surface area contributed by atoms with E-state index in [1.54, 1.807) is 79.6 Å². The average molecular weight is 616 g/mol. The van der Waals surface area contributed by atoms with Gasteiger partial charge in [-0.2, -0.15) is 0 Å². The van der Waals surface area contributed by atoms with Gasteiger partial charge in [0.2, 0.25) is 0 Å². The minimum Gasteiger partial charge on any atom is -0.497 e. The molecule has 2 amide bonds. The van der Waals surface area contributed by atoms with Gasteiger partial charge in [0.25, 0.3) is 21.8 Å². The second-order valence-corrected chi connectivity index (χ2v) is 11.8. The summed E-state index contributed by atoms with van der Waals surface area (Å²) in [5.74, 6) is 1.17. The summed E-state index contributed by atoms with van der Waals surface area (Å²) in [6, 6.07) is 23.5. The fourth-order valence-corrected chi connectivity index (χ4v) is 5.99. The van der Waals surface area contributed by atoms with Crippen molar-refractivity contribution in [3.05, 3.63) is 102 Å². The van der Waals surface area contributed by atoms with Crippen LogP contribution in [0.4, 0.5) is 17.1 Å². The first-order chi connectivity index (χ1) is 21.2. The SMILES string of the molecule is CCOc1ccc(NS(=O)(=O)c2ccc(OCC(=O)Nc3ccc4c(c3)N(C(=O)c3ccc(OC)cc3)CC4)c(C)c2)cc1. The van der Waals surface area contributed by atoms with E-state index in [1.807, 2.05) is 13.0 Å². The van der Waals surface area contributed by atoms with Crippen molar-refractivity contribution >= 4 is 38.9 Å². The number of nitrogens with zero attached hydrogens (tertiary/aromatic N) is 1. The van der Waals surface area contributed by atoms with Gasteiger partial charge in [0.15, 0.2) is 6.61 Å². The molecule has 228 valence electrons. The van der Waals surface area contributed by atoms with Gasteiger partial charge in [-0.05, 0) is 110 Å². The van der Waals surface area contributed by atoms with E-state index < -0.39 is 15.9 Å². The van der Waals surface area contributed by atoms with Gasteiger partial charge in [0.1, 0.15) is 17.2 Å². The second kappa shape index (κ2) is 13.1. The lowest BCUT2D eigenvalue weighted by Crippen LogP contribution is -2.29. The minimum absolute atomic E-state index is 0.0626. The minimum atomic E-state index is -3.85. The van der Waals surface area contributed by atoms with Gasteiger partial charge in [-0.3, -0.25) is 14.3 Å². The summed E-state index contributed by atoms with van der Waals surface area (Å²) >= 11 is 0. The number of sulfonamides is 1. The number of benzene rings is 4. The molecule has 1 heterocycles. The van der Waals surface area contributed by atoms with Crippen molar-refractivity contribution in [1.82, 2.24) is 0 Å². The lowest BCUT2D eigenvalue weighted by atomic mass is 10.1. The van der Waals surface area contributed by atoms with Crippen LogP contribution in [0, 0.1) is 6.92 Å². The molecule has 10 nitrogen and oxygen atoms in total. The highest BCUT2D eigenvalue weighted by atomic mass is 32.2. The molecular formula is C33H33N3O7S. The third-order valence-electron chi connectivity index (χ3n) is 7.08. The molecular weight excluding hydrogens is 582 g/mol. The van der Waals surface area contributed by atoms with Crippen molar-refractivity contribution in [3.8, 4) is 17.2 Å². The molecule has 0 radical (unpaired) electrons. The Balaban J connectivity index is 1.19. The zero-order valence-corrected chi connectivity index (χ0v) is 25.4. The Kier molecular flexibility index (Phi) is 9.05. The van der Waals surface area contributed by atoms with E-state index >= 15 is 0 Å². The van der Waals surface area contributed by atoms with E-state index in [-0.39, 0.29) is 17.4 Å². The maximum atomic E-state index is 13.2. The number of amides is 2. The monoisotopic (exact) mass is 615 g/mol. The van der Waals surface area contributed by atoms with E-state index in [0.29, 0.717) is 52.9 Å². The van der Waals surface area contributed by atoms with E-state index in [4.69, 9.17) is 14.2 Å². The number of hydrogen-bond acceptors (Lipinski definition) is 7. The Morgan fingerprint density at radius 2 is 1.57 bits per heavy atom. The Morgan fingerprint density at radius 1 is 0.864 bits per heavy atom. The normalized spacial score (nSPS) is 12.3. The van der Waals surface area contributed by atoms with Gasteiger partial charge < -0.3 is 24.4 Å². The van der Waals surface area contributed by atoms with Crippen LogP contribution in [0.3, 0.4) is 0 Å². The van der Waals surface area contributed by atoms with Gasteiger partial charge in [-0.1, -0.05) is 6.07 Å². The van der Waals surface area contributed by atoms with Crippen molar-refractivity contribution in [3.63, 3.8) is 0 Å². The number of rotatable bonds is 11. The summed E-state index contributed by atoms with van der Waals surface area (Å²) in [5.41, 5.74) is 3.80. The standard InChI is InChI=1S/C33H33N3O7S/c1-4-42-28-13-9-25(10-14-28)35-44(39,40)29-15-16-31(22(2)19-29)43-21-32(37)34-26-8-5-23-17-18-36(30(23)20-26)33(38)24-6-11-27(41-3)12-7-24/h5-16,19-20,35H,4,17-18,21H2,1-3H3,(H,34,37). The molecule has 0 fully saturated rings. The van der Waals surface area contributed by atoms with Gasteiger partial charge in [0, 0.05) is 29.2 Å². The number of anilines is 3. The number of aryl methyl sites for hydroxylation is 1. The molecule has 0 saturated carbocycles. The predicted molar refractivity (Wildman–Crippen MR) is 169 cm³/mol. The average Bonchev–Trinajstić information content (AvgIpc) is 3.44. The number of fused-ring (bicyclic) bond motifs is 1. The van der Waals surface area contributed by atoms with Gasteiger partial charge in [-0.15, -0.1) is 0 Å². The van der Waals surface area contributed by atoms with Crippen molar-refractivity contribution in [1.29, 1.82) is 0 Å². The summed E-state index contributed by atoms with van der Waals surface area (Å²) < 4.78 is 44.7. The van der Waals surface area contributed by atoms with Crippen LogP contribution in [-0.2, 0) is 21.2 Å². The lowest BCUT2D eigenvalue weighted by molar-refractivity contribution is -0.118. The molecule has 0 unspecified atom stereocenters. The first kappa shape index (κ1) is 30.4. The Labute approximate surface area is 256 Å². The summed E-state index contributed by atoms with van der Waals surface area (Å²) in [7, 11) is -2.27. The van der Waals surface area contributed by atoms with Crippen molar-refractivity contribution in [2.24, 2.45) is 0 Å². The van der Waals surface area contributed by atoms with Crippen LogP contribution in [0.15, 0.2) is 89.8 Å². The van der Waals surface area contributed by atoms with Crippen LogP contribution in [0.25, 0.3) is 0 Å². The zero-order valence-electron chi connectivity index (χ0n) is 24.6. The smallest absolute Gasteiger partial charge is 0.262 e. The molecule has 0 aliphatic carbocycles. The molecule has 4 aromatic carbocycles. The highest BCUT2D eigenvalue weighted by molar-refractivity contribution is 7.92. The Hall–Kier alpha value is -5.03. The quantitative estimate of drug-likeness (QED) is 0.231. The Bertz CT molecular complexity index is 1770. The van der Waals surface area contributed by atoms with Crippen LogP contribution < -0.4 is 29.1 Å². The molecule has 0 atom stereocenters. The summed E-state index contributed by atoms with van der Waals surface area (Å²) in [5, 5.41) is 2.82. The van der Waals surface area contributed by atoms with E-state index in [9.17, 15) is 18.0 Å². The zero-order chi connectivity index (χ0) is 31.3. The summed E-state index contributed by atoms with van der Waals surface area (Å²) in [4.78, 5) is 27.7. The Morgan fingerprint density at radius 3 is 2.25 bits per heavy atom. The van der Waals surface area contributed by atoms with E-state index in [1.165, 1.54) is 18.2 Å². The molecule has 0 bridgehead atoms. The molecule has 0 aromatic heterocycles. The van der Waals surface area contributed by atoms with Crippen molar-refractivity contribution in [2.45, 2.75) is 25.2 Å². The number of ether oxygens (including phenoxy) is 3. The molecule has 5 rings (SSSR count). The van der Waals surface area contributed by atoms with Gasteiger partial charge in [-0.25, -0.2) is 8.42 Å². The third kappa shape index (κ3) is 6.95.